The average Bonchev–Trinajstić information content (AvgIpc) is 3.06. The van der Waals surface area contributed by atoms with Crippen LogP contribution in [-0.4, -0.2) is 27.4 Å². The van der Waals surface area contributed by atoms with Crippen LogP contribution in [-0.2, 0) is 4.79 Å². The van der Waals surface area contributed by atoms with Crippen molar-refractivity contribution in [3.63, 3.8) is 0 Å². The first-order valence-electron chi connectivity index (χ1n) is 8.49. The number of nitrogens with zero attached hydrogens (tertiary/aromatic N) is 2. The summed E-state index contributed by atoms with van der Waals surface area (Å²) in [6, 6.07) is 9.91. The normalized spacial score (nSPS) is 22.1. The zero-order valence-corrected chi connectivity index (χ0v) is 14.9. The Hall–Kier alpha value is -1.82. The fraction of sp³-hybridized carbons (Fsp3) is 0.500. The van der Waals surface area contributed by atoms with E-state index in [1.807, 2.05) is 37.3 Å². The molecule has 1 aromatic heterocycles. The van der Waals surface area contributed by atoms with Crippen molar-refractivity contribution in [1.82, 2.24) is 15.5 Å². The molecule has 128 valence electrons. The zero-order valence-electron chi connectivity index (χ0n) is 14.1. The molecular formula is C18H23N3O2S. The van der Waals surface area contributed by atoms with Crippen molar-refractivity contribution in [3.05, 3.63) is 30.3 Å². The van der Waals surface area contributed by atoms with Crippen molar-refractivity contribution < 1.29 is 9.21 Å². The Bertz CT molecular complexity index is 674. The van der Waals surface area contributed by atoms with Gasteiger partial charge in [0, 0.05) is 11.6 Å². The highest BCUT2D eigenvalue weighted by atomic mass is 32.2. The van der Waals surface area contributed by atoms with E-state index < -0.39 is 0 Å². The quantitative estimate of drug-likeness (QED) is 0.832. The number of aromatic nitrogens is 2. The molecule has 1 aliphatic carbocycles. The third-order valence-electron chi connectivity index (χ3n) is 4.51. The van der Waals surface area contributed by atoms with Gasteiger partial charge in [0.05, 0.1) is 5.25 Å². The summed E-state index contributed by atoms with van der Waals surface area (Å²) in [7, 11) is 0. The van der Waals surface area contributed by atoms with E-state index in [4.69, 9.17) is 4.42 Å². The lowest BCUT2D eigenvalue weighted by molar-refractivity contribution is -0.121. The van der Waals surface area contributed by atoms with E-state index in [2.05, 4.69) is 22.4 Å². The van der Waals surface area contributed by atoms with Crippen LogP contribution < -0.4 is 5.32 Å². The molecule has 3 rings (SSSR count). The lowest BCUT2D eigenvalue weighted by Crippen LogP contribution is -2.44. The van der Waals surface area contributed by atoms with Crippen LogP contribution >= 0.6 is 11.8 Å². The third kappa shape index (κ3) is 4.17. The van der Waals surface area contributed by atoms with Crippen molar-refractivity contribution >= 4 is 17.7 Å². The first kappa shape index (κ1) is 17.0. The monoisotopic (exact) mass is 345 g/mol. The largest absolute Gasteiger partial charge is 0.411 e. The second-order valence-electron chi connectivity index (χ2n) is 6.38. The molecule has 1 heterocycles. The molecule has 3 atom stereocenters. The molecule has 0 spiro atoms. The number of benzene rings is 1. The topological polar surface area (TPSA) is 68.0 Å². The summed E-state index contributed by atoms with van der Waals surface area (Å²) in [6.45, 7) is 4.09. The molecule has 1 amide bonds. The number of carbonyl (C=O) groups excluding carboxylic acids is 1. The maximum Gasteiger partial charge on any atom is 0.277 e. The minimum absolute atomic E-state index is 0.0400. The standard InChI is InChI=1S/C18H23N3O2S/c1-12-8-6-7-11-15(12)19-16(22)13(2)24-18-21-20-17(23-18)14-9-4-3-5-10-14/h3-5,9-10,12-13,15H,6-8,11H2,1-2H3,(H,19,22)/t12-,13+,15+/m0/s1. The molecule has 1 fully saturated rings. The van der Waals surface area contributed by atoms with Crippen molar-refractivity contribution in [1.29, 1.82) is 0 Å². The van der Waals surface area contributed by atoms with Gasteiger partial charge in [-0.25, -0.2) is 0 Å². The molecule has 0 radical (unpaired) electrons. The van der Waals surface area contributed by atoms with Crippen LogP contribution in [0.1, 0.15) is 39.5 Å². The third-order valence-corrected chi connectivity index (χ3v) is 5.45. The van der Waals surface area contributed by atoms with Crippen molar-refractivity contribution in [3.8, 4) is 11.5 Å². The van der Waals surface area contributed by atoms with E-state index in [1.165, 1.54) is 31.0 Å². The van der Waals surface area contributed by atoms with E-state index in [1.54, 1.807) is 0 Å². The summed E-state index contributed by atoms with van der Waals surface area (Å²) < 4.78 is 5.66. The van der Waals surface area contributed by atoms with Gasteiger partial charge in [0.1, 0.15) is 0 Å². The van der Waals surface area contributed by atoms with Gasteiger partial charge in [-0.2, -0.15) is 0 Å². The van der Waals surface area contributed by atoms with Gasteiger partial charge in [0.2, 0.25) is 11.8 Å². The van der Waals surface area contributed by atoms with Gasteiger partial charge in [-0.3, -0.25) is 4.79 Å². The summed E-state index contributed by atoms with van der Waals surface area (Å²) in [6.07, 6.45) is 4.72. The second kappa shape index (κ2) is 7.83. The van der Waals surface area contributed by atoms with Gasteiger partial charge >= 0.3 is 0 Å². The Balaban J connectivity index is 1.57. The highest BCUT2D eigenvalue weighted by Gasteiger charge is 2.26. The summed E-state index contributed by atoms with van der Waals surface area (Å²) >= 11 is 1.30. The van der Waals surface area contributed by atoms with Crippen LogP contribution in [0.15, 0.2) is 40.0 Å². The van der Waals surface area contributed by atoms with E-state index >= 15 is 0 Å². The van der Waals surface area contributed by atoms with Crippen LogP contribution in [0.25, 0.3) is 11.5 Å². The highest BCUT2D eigenvalue weighted by molar-refractivity contribution is 8.00. The Morgan fingerprint density at radius 1 is 1.25 bits per heavy atom. The number of amides is 1. The Kier molecular flexibility index (Phi) is 5.56. The van der Waals surface area contributed by atoms with Crippen LogP contribution in [0.3, 0.4) is 0 Å². The highest BCUT2D eigenvalue weighted by Crippen LogP contribution is 2.27. The summed E-state index contributed by atoms with van der Waals surface area (Å²) in [5.41, 5.74) is 0.880. The lowest BCUT2D eigenvalue weighted by atomic mass is 9.86. The minimum atomic E-state index is -0.261. The molecule has 24 heavy (non-hydrogen) atoms. The van der Waals surface area contributed by atoms with Gasteiger partial charge < -0.3 is 9.73 Å². The van der Waals surface area contributed by atoms with Gasteiger partial charge in [-0.1, -0.05) is 49.7 Å². The number of thioether (sulfide) groups is 1. The van der Waals surface area contributed by atoms with Gasteiger partial charge in [0.15, 0.2) is 0 Å². The average molecular weight is 345 g/mol. The fourth-order valence-electron chi connectivity index (χ4n) is 2.99. The molecule has 0 unspecified atom stereocenters. The molecule has 0 bridgehead atoms. The van der Waals surface area contributed by atoms with E-state index in [0.29, 0.717) is 17.0 Å². The molecule has 2 aromatic rings. The number of nitrogens with one attached hydrogen (secondary N) is 1. The Morgan fingerprint density at radius 3 is 2.75 bits per heavy atom. The van der Waals surface area contributed by atoms with Crippen molar-refractivity contribution in [2.24, 2.45) is 5.92 Å². The maximum atomic E-state index is 12.4. The van der Waals surface area contributed by atoms with Gasteiger partial charge in [-0.15, -0.1) is 10.2 Å². The zero-order chi connectivity index (χ0) is 16.9. The van der Waals surface area contributed by atoms with Crippen molar-refractivity contribution in [2.75, 3.05) is 0 Å². The van der Waals surface area contributed by atoms with E-state index in [0.717, 1.165) is 12.0 Å². The lowest BCUT2D eigenvalue weighted by Gasteiger charge is -2.30. The Morgan fingerprint density at radius 2 is 2.00 bits per heavy atom. The van der Waals surface area contributed by atoms with E-state index in [9.17, 15) is 4.79 Å². The van der Waals surface area contributed by atoms with Crippen LogP contribution in [0, 0.1) is 5.92 Å². The summed E-state index contributed by atoms with van der Waals surface area (Å²) in [5.74, 6) is 1.07. The molecule has 1 aliphatic rings. The second-order valence-corrected chi connectivity index (χ2v) is 7.67. The molecule has 0 aliphatic heterocycles. The smallest absolute Gasteiger partial charge is 0.277 e. The molecule has 1 N–H and O–H groups in total. The molecule has 1 aromatic carbocycles. The molecule has 6 heteroatoms. The number of hydrogen-bond acceptors (Lipinski definition) is 5. The van der Waals surface area contributed by atoms with E-state index in [-0.39, 0.29) is 17.2 Å². The van der Waals surface area contributed by atoms with Crippen LogP contribution in [0.4, 0.5) is 0 Å². The predicted molar refractivity (Wildman–Crippen MR) is 94.6 cm³/mol. The number of carbonyl (C=O) groups is 1. The SMILES string of the molecule is C[C@@H](Sc1nnc(-c2ccccc2)o1)C(=O)N[C@@H]1CCCC[C@@H]1C. The first-order chi connectivity index (χ1) is 11.6. The summed E-state index contributed by atoms with van der Waals surface area (Å²) in [4.78, 5) is 12.4. The summed E-state index contributed by atoms with van der Waals surface area (Å²) in [5, 5.41) is 11.4. The minimum Gasteiger partial charge on any atom is -0.411 e. The van der Waals surface area contributed by atoms with Crippen LogP contribution in [0.2, 0.25) is 0 Å². The van der Waals surface area contributed by atoms with Crippen molar-refractivity contribution in [2.45, 2.75) is 56.0 Å². The van der Waals surface area contributed by atoms with Gasteiger partial charge in [0.25, 0.3) is 5.22 Å². The molecular weight excluding hydrogens is 322 g/mol. The number of hydrogen-bond donors (Lipinski definition) is 1. The first-order valence-corrected chi connectivity index (χ1v) is 9.37. The molecule has 1 saturated carbocycles. The van der Waals surface area contributed by atoms with Gasteiger partial charge in [-0.05, 0) is 37.8 Å². The fourth-order valence-corrected chi connectivity index (χ4v) is 3.68. The maximum absolute atomic E-state index is 12.4. The molecule has 0 saturated heterocycles. The predicted octanol–water partition coefficient (Wildman–Crippen LogP) is 3.91. The molecule has 5 nitrogen and oxygen atoms in total. The number of rotatable bonds is 5. The van der Waals surface area contributed by atoms with Crippen LogP contribution in [0.5, 0.6) is 0 Å². The Labute approximate surface area is 146 Å².